The summed E-state index contributed by atoms with van der Waals surface area (Å²) < 4.78 is 0. The zero-order valence-corrected chi connectivity index (χ0v) is 8.62. The van der Waals surface area contributed by atoms with Gasteiger partial charge in [-0.2, -0.15) is 5.10 Å². The molecule has 0 bridgehead atoms. The van der Waals surface area contributed by atoms with E-state index in [9.17, 15) is 0 Å². The van der Waals surface area contributed by atoms with Gasteiger partial charge in [0, 0.05) is 17.6 Å². The van der Waals surface area contributed by atoms with Gasteiger partial charge < -0.3 is 11.1 Å². The molecule has 0 fully saturated rings. The number of hydrogen-bond acceptors (Lipinski definition) is 3. The molecule has 2 aromatic rings. The van der Waals surface area contributed by atoms with Gasteiger partial charge in [0.2, 0.25) is 0 Å². The van der Waals surface area contributed by atoms with E-state index in [1.165, 1.54) is 0 Å². The second kappa shape index (κ2) is 4.04. The van der Waals surface area contributed by atoms with Crippen molar-refractivity contribution in [3.05, 3.63) is 41.7 Å². The number of rotatable bonds is 3. The third-order valence-electron chi connectivity index (χ3n) is 2.14. The average molecular weight is 202 g/mol. The Hall–Kier alpha value is -1.97. The molecule has 0 amide bonds. The number of hydrogen-bond donors (Lipinski definition) is 3. The van der Waals surface area contributed by atoms with E-state index in [-0.39, 0.29) is 0 Å². The van der Waals surface area contributed by atoms with Crippen molar-refractivity contribution in [3.63, 3.8) is 0 Å². The van der Waals surface area contributed by atoms with Crippen molar-refractivity contribution >= 4 is 11.4 Å². The highest BCUT2D eigenvalue weighted by molar-refractivity contribution is 5.56. The first-order valence-corrected chi connectivity index (χ1v) is 4.83. The van der Waals surface area contributed by atoms with Gasteiger partial charge in [-0.05, 0) is 36.8 Å². The van der Waals surface area contributed by atoms with Crippen molar-refractivity contribution in [2.75, 3.05) is 11.1 Å². The number of nitrogens with two attached hydrogens (primary N) is 1. The molecule has 0 atom stereocenters. The van der Waals surface area contributed by atoms with Crippen LogP contribution in [0.3, 0.4) is 0 Å². The summed E-state index contributed by atoms with van der Waals surface area (Å²) >= 11 is 0. The number of anilines is 2. The molecule has 0 radical (unpaired) electrons. The number of aromatic amines is 1. The zero-order chi connectivity index (χ0) is 10.7. The van der Waals surface area contributed by atoms with Crippen LogP contribution in [-0.2, 0) is 6.54 Å². The molecule has 78 valence electrons. The molecule has 0 spiro atoms. The van der Waals surface area contributed by atoms with Crippen molar-refractivity contribution in [2.45, 2.75) is 13.5 Å². The monoisotopic (exact) mass is 202 g/mol. The lowest BCUT2D eigenvalue weighted by Gasteiger charge is -2.07. The minimum Gasteiger partial charge on any atom is -0.399 e. The van der Waals surface area contributed by atoms with E-state index in [4.69, 9.17) is 5.73 Å². The van der Waals surface area contributed by atoms with Crippen LogP contribution in [0.1, 0.15) is 11.3 Å². The minimum absolute atomic E-state index is 0.725. The summed E-state index contributed by atoms with van der Waals surface area (Å²) in [6.07, 6.45) is 1.74. The van der Waals surface area contributed by atoms with Crippen molar-refractivity contribution < 1.29 is 0 Å². The maximum Gasteiger partial charge on any atom is 0.0567 e. The Morgan fingerprint density at radius 3 is 2.93 bits per heavy atom. The van der Waals surface area contributed by atoms with Gasteiger partial charge in [0.15, 0.2) is 0 Å². The Bertz CT molecular complexity index is 414. The number of benzene rings is 1. The van der Waals surface area contributed by atoms with Crippen LogP contribution in [0.2, 0.25) is 0 Å². The van der Waals surface area contributed by atoms with Gasteiger partial charge in [0.25, 0.3) is 0 Å². The average Bonchev–Trinajstić information content (AvgIpc) is 2.65. The van der Waals surface area contributed by atoms with Gasteiger partial charge in [-0.15, -0.1) is 0 Å². The first-order chi connectivity index (χ1) is 7.24. The Morgan fingerprint density at radius 2 is 2.27 bits per heavy atom. The van der Waals surface area contributed by atoms with Crippen LogP contribution in [0.5, 0.6) is 0 Å². The van der Waals surface area contributed by atoms with Gasteiger partial charge in [-0.3, -0.25) is 5.10 Å². The molecule has 2 rings (SSSR count). The summed E-state index contributed by atoms with van der Waals surface area (Å²) in [6, 6.07) is 7.86. The molecule has 4 heteroatoms. The molecule has 15 heavy (non-hydrogen) atoms. The third-order valence-corrected chi connectivity index (χ3v) is 2.14. The van der Waals surface area contributed by atoms with E-state index in [1.54, 1.807) is 6.20 Å². The molecule has 0 aliphatic carbocycles. The molecule has 0 aliphatic rings. The van der Waals surface area contributed by atoms with Crippen molar-refractivity contribution in [1.82, 2.24) is 10.2 Å². The number of nitrogen functional groups attached to an aromatic ring is 1. The van der Waals surface area contributed by atoms with Crippen LogP contribution in [0.25, 0.3) is 0 Å². The topological polar surface area (TPSA) is 66.7 Å². The molecular weight excluding hydrogens is 188 g/mol. The molecule has 4 nitrogen and oxygen atoms in total. The van der Waals surface area contributed by atoms with E-state index in [0.717, 1.165) is 29.2 Å². The van der Waals surface area contributed by atoms with Crippen molar-refractivity contribution in [3.8, 4) is 0 Å². The summed E-state index contributed by atoms with van der Waals surface area (Å²) in [5.74, 6) is 0. The SMILES string of the molecule is Cc1cc(N)cc(NCc2ccn[nH]2)c1. The van der Waals surface area contributed by atoms with Gasteiger partial charge in [-0.1, -0.05) is 0 Å². The Morgan fingerprint density at radius 1 is 1.40 bits per heavy atom. The predicted octanol–water partition coefficient (Wildman–Crippen LogP) is 1.91. The van der Waals surface area contributed by atoms with Crippen molar-refractivity contribution in [1.29, 1.82) is 0 Å². The minimum atomic E-state index is 0.725. The number of nitrogens with zero attached hydrogens (tertiary/aromatic N) is 1. The molecule has 1 heterocycles. The lowest BCUT2D eigenvalue weighted by molar-refractivity contribution is 0.981. The summed E-state index contributed by atoms with van der Waals surface area (Å²) in [7, 11) is 0. The van der Waals surface area contributed by atoms with Crippen LogP contribution < -0.4 is 11.1 Å². The van der Waals surface area contributed by atoms with E-state index in [2.05, 4.69) is 21.6 Å². The lowest BCUT2D eigenvalue weighted by atomic mass is 10.2. The van der Waals surface area contributed by atoms with Crippen LogP contribution in [-0.4, -0.2) is 10.2 Å². The number of aromatic nitrogens is 2. The molecule has 0 aliphatic heterocycles. The summed E-state index contributed by atoms with van der Waals surface area (Å²) in [4.78, 5) is 0. The summed E-state index contributed by atoms with van der Waals surface area (Å²) in [5.41, 5.74) is 9.76. The van der Waals surface area contributed by atoms with Crippen LogP contribution in [0, 0.1) is 6.92 Å². The molecule has 4 N–H and O–H groups in total. The highest BCUT2D eigenvalue weighted by Crippen LogP contribution is 2.16. The summed E-state index contributed by atoms with van der Waals surface area (Å²) in [5, 5.41) is 10.1. The number of aryl methyl sites for hydroxylation is 1. The number of H-pyrrole nitrogens is 1. The Kier molecular flexibility index (Phi) is 2.58. The molecule has 1 aromatic carbocycles. The molecule has 0 unspecified atom stereocenters. The fourth-order valence-electron chi connectivity index (χ4n) is 1.50. The quantitative estimate of drug-likeness (QED) is 0.666. The highest BCUT2D eigenvalue weighted by atomic mass is 15.1. The van der Waals surface area contributed by atoms with Crippen LogP contribution in [0.15, 0.2) is 30.5 Å². The van der Waals surface area contributed by atoms with Crippen LogP contribution in [0.4, 0.5) is 11.4 Å². The summed E-state index contributed by atoms with van der Waals surface area (Å²) in [6.45, 7) is 2.75. The van der Waals surface area contributed by atoms with Gasteiger partial charge in [0.1, 0.15) is 0 Å². The molecule has 0 saturated heterocycles. The second-order valence-corrected chi connectivity index (χ2v) is 3.57. The third kappa shape index (κ3) is 2.49. The smallest absolute Gasteiger partial charge is 0.0567 e. The standard InChI is InChI=1S/C11H14N4/c1-8-4-9(12)6-11(5-8)13-7-10-2-3-14-15-10/h2-6,13H,7,12H2,1H3,(H,14,15). The highest BCUT2D eigenvalue weighted by Gasteiger charge is 1.97. The zero-order valence-electron chi connectivity index (χ0n) is 8.62. The van der Waals surface area contributed by atoms with E-state index < -0.39 is 0 Å². The second-order valence-electron chi connectivity index (χ2n) is 3.57. The largest absolute Gasteiger partial charge is 0.399 e. The molecule has 1 aromatic heterocycles. The van der Waals surface area contributed by atoms with Gasteiger partial charge in [0.05, 0.1) is 12.2 Å². The molecule has 0 saturated carbocycles. The Balaban J connectivity index is 2.05. The first-order valence-electron chi connectivity index (χ1n) is 4.83. The lowest BCUT2D eigenvalue weighted by Crippen LogP contribution is -2.00. The maximum atomic E-state index is 5.75. The number of nitrogens with one attached hydrogen (secondary N) is 2. The van der Waals surface area contributed by atoms with Gasteiger partial charge >= 0.3 is 0 Å². The fraction of sp³-hybridized carbons (Fsp3) is 0.182. The normalized spacial score (nSPS) is 10.2. The van der Waals surface area contributed by atoms with E-state index in [1.807, 2.05) is 25.1 Å². The first kappa shape index (κ1) is 9.58. The van der Waals surface area contributed by atoms with E-state index in [0.29, 0.717) is 0 Å². The van der Waals surface area contributed by atoms with Crippen LogP contribution >= 0.6 is 0 Å². The van der Waals surface area contributed by atoms with Gasteiger partial charge in [-0.25, -0.2) is 0 Å². The molecular formula is C11H14N4. The predicted molar refractivity (Wildman–Crippen MR) is 61.5 cm³/mol. The van der Waals surface area contributed by atoms with Crippen molar-refractivity contribution in [2.24, 2.45) is 0 Å². The fourth-order valence-corrected chi connectivity index (χ4v) is 1.50. The maximum absolute atomic E-state index is 5.75. The Labute approximate surface area is 88.5 Å². The van der Waals surface area contributed by atoms with E-state index >= 15 is 0 Å².